The van der Waals surface area contributed by atoms with Gasteiger partial charge in [0.05, 0.1) is 18.2 Å². The Hall–Kier alpha value is -3.70. The van der Waals surface area contributed by atoms with Crippen LogP contribution in [0, 0.1) is 0 Å². The number of nitrogens with two attached hydrogens (primary N) is 3. The van der Waals surface area contributed by atoms with Crippen molar-refractivity contribution in [2.45, 2.75) is 94.1 Å². The van der Waals surface area contributed by atoms with Crippen molar-refractivity contribution in [2.75, 3.05) is 6.54 Å². The SMILES string of the molecule is C[C@@H](O)[C@H](NC(=O)[C@@H](NC(=O)[C@@H](NC(=O)[C@H](CCCN)NC(=O)[C@H](N)Cc1c[nH]c2ccccc12)[C@@H](C)O)C(C)(C)S)C(N)=O. The van der Waals surface area contributed by atoms with E-state index in [4.69, 9.17) is 17.2 Å². The second-order valence-corrected chi connectivity index (χ2v) is 12.8. The minimum absolute atomic E-state index is 0.116. The van der Waals surface area contributed by atoms with Gasteiger partial charge in [0.2, 0.25) is 29.5 Å². The Balaban J connectivity index is 2.18. The van der Waals surface area contributed by atoms with Crippen LogP contribution in [-0.4, -0.2) is 98.4 Å². The van der Waals surface area contributed by atoms with E-state index in [1.807, 2.05) is 24.3 Å². The van der Waals surface area contributed by atoms with Gasteiger partial charge in [0.15, 0.2) is 0 Å². The van der Waals surface area contributed by atoms with Gasteiger partial charge in [-0.2, -0.15) is 12.6 Å². The highest BCUT2D eigenvalue weighted by Gasteiger charge is 2.39. The maximum Gasteiger partial charge on any atom is 0.245 e. The molecule has 2 aromatic rings. The first kappa shape index (κ1) is 37.5. The van der Waals surface area contributed by atoms with E-state index in [1.165, 1.54) is 27.7 Å². The number of para-hydroxylation sites is 1. The van der Waals surface area contributed by atoms with Crippen LogP contribution < -0.4 is 38.5 Å². The normalized spacial score (nSPS) is 16.4. The molecule has 5 amide bonds. The molecular weight excluding hydrogens is 604 g/mol. The number of rotatable bonds is 17. The average Bonchev–Trinajstić information content (AvgIpc) is 3.36. The number of aliphatic hydroxyl groups excluding tert-OH is 2. The lowest BCUT2D eigenvalue weighted by Crippen LogP contribution is -2.64. The second kappa shape index (κ2) is 16.6. The van der Waals surface area contributed by atoms with E-state index < -0.39 is 76.7 Å². The highest BCUT2D eigenvalue weighted by Crippen LogP contribution is 2.20. The zero-order valence-electron chi connectivity index (χ0n) is 25.9. The first-order chi connectivity index (χ1) is 21.0. The van der Waals surface area contributed by atoms with Gasteiger partial charge in [-0.05, 0) is 65.1 Å². The van der Waals surface area contributed by atoms with Gasteiger partial charge in [0, 0.05) is 21.8 Å². The summed E-state index contributed by atoms with van der Waals surface area (Å²) in [5.41, 5.74) is 18.8. The largest absolute Gasteiger partial charge is 0.391 e. The van der Waals surface area contributed by atoms with E-state index >= 15 is 0 Å². The molecule has 0 aliphatic rings. The van der Waals surface area contributed by atoms with Crippen molar-refractivity contribution in [3.05, 3.63) is 36.0 Å². The van der Waals surface area contributed by atoms with E-state index in [0.717, 1.165) is 16.5 Å². The Bertz CT molecular complexity index is 1340. The molecule has 15 nitrogen and oxygen atoms in total. The molecule has 1 heterocycles. The Labute approximate surface area is 267 Å². The van der Waals surface area contributed by atoms with Crippen LogP contribution in [0.3, 0.4) is 0 Å². The lowest BCUT2D eigenvalue weighted by atomic mass is 9.99. The van der Waals surface area contributed by atoms with E-state index in [2.05, 4.69) is 38.9 Å². The molecule has 0 saturated carbocycles. The number of fused-ring (bicyclic) bond motifs is 1. The predicted molar refractivity (Wildman–Crippen MR) is 172 cm³/mol. The van der Waals surface area contributed by atoms with Crippen molar-refractivity contribution >= 4 is 53.1 Å². The Morgan fingerprint density at radius 3 is 2.07 bits per heavy atom. The van der Waals surface area contributed by atoms with Gasteiger partial charge in [-0.1, -0.05) is 18.2 Å². The first-order valence-corrected chi connectivity index (χ1v) is 15.0. The van der Waals surface area contributed by atoms with Gasteiger partial charge in [0.1, 0.15) is 24.2 Å². The number of aliphatic hydroxyl groups is 2. The van der Waals surface area contributed by atoms with E-state index in [0.29, 0.717) is 6.42 Å². The molecule has 0 aliphatic carbocycles. The standard InChI is InChI=1S/C29H46N8O7S/c1-14(38)21(24(32)40)35-28(44)23(29(3,4)45)37-27(43)22(15(2)39)36-26(42)20(10-7-11-30)34-25(41)18(31)12-16-13-33-19-9-6-5-8-17(16)19/h5-6,8-9,13-15,18,20-23,33,38-39,45H,7,10-12,30-31H2,1-4H3,(H2,32,40)(H,34,41)(H,35,44)(H,36,42)(H,37,43)/t14-,15-,18-,20+,21+,22+,23-/m1/s1. The van der Waals surface area contributed by atoms with Crippen LogP contribution >= 0.6 is 12.6 Å². The van der Waals surface area contributed by atoms with Gasteiger partial charge in [-0.25, -0.2) is 0 Å². The summed E-state index contributed by atoms with van der Waals surface area (Å²) in [6, 6.07) is 0.972. The summed E-state index contributed by atoms with van der Waals surface area (Å²) in [7, 11) is 0. The summed E-state index contributed by atoms with van der Waals surface area (Å²) < 4.78 is -1.22. The average molecular weight is 651 g/mol. The van der Waals surface area contributed by atoms with Gasteiger partial charge >= 0.3 is 0 Å². The number of amides is 5. The number of aromatic amines is 1. The maximum atomic E-state index is 13.4. The number of carbonyl (C=O) groups is 5. The third-order valence-electron chi connectivity index (χ3n) is 7.19. The molecule has 0 spiro atoms. The maximum absolute atomic E-state index is 13.4. The van der Waals surface area contributed by atoms with Crippen molar-refractivity contribution in [1.29, 1.82) is 0 Å². The second-order valence-electron chi connectivity index (χ2n) is 11.6. The summed E-state index contributed by atoms with van der Waals surface area (Å²) in [4.78, 5) is 67.6. The molecule has 13 N–H and O–H groups in total. The van der Waals surface area contributed by atoms with Crippen LogP contribution in [-0.2, 0) is 30.4 Å². The smallest absolute Gasteiger partial charge is 0.245 e. The van der Waals surface area contributed by atoms with Crippen molar-refractivity contribution in [3.8, 4) is 0 Å². The fraction of sp³-hybridized carbons (Fsp3) is 0.552. The quantitative estimate of drug-likeness (QED) is 0.0819. The summed E-state index contributed by atoms with van der Waals surface area (Å²) >= 11 is 4.38. The summed E-state index contributed by atoms with van der Waals surface area (Å²) in [5.74, 6) is -4.23. The molecule has 0 bridgehead atoms. The molecule has 0 unspecified atom stereocenters. The highest BCUT2D eigenvalue weighted by atomic mass is 32.1. The molecule has 2 rings (SSSR count). The van der Waals surface area contributed by atoms with Crippen LogP contribution in [0.25, 0.3) is 10.9 Å². The van der Waals surface area contributed by atoms with Gasteiger partial charge in [0.25, 0.3) is 0 Å². The van der Waals surface area contributed by atoms with E-state index in [9.17, 15) is 34.2 Å². The number of benzene rings is 1. The minimum atomic E-state index is -1.57. The Morgan fingerprint density at radius 1 is 0.911 bits per heavy atom. The Morgan fingerprint density at radius 2 is 1.51 bits per heavy atom. The number of thiol groups is 1. The van der Waals surface area contributed by atoms with Gasteiger partial charge in [-0.3, -0.25) is 24.0 Å². The number of primary amides is 1. The van der Waals surface area contributed by atoms with Crippen LogP contribution in [0.15, 0.2) is 30.5 Å². The minimum Gasteiger partial charge on any atom is -0.391 e. The first-order valence-electron chi connectivity index (χ1n) is 14.6. The lowest BCUT2D eigenvalue weighted by Gasteiger charge is -2.33. The number of hydrogen-bond donors (Lipinski definition) is 11. The fourth-order valence-electron chi connectivity index (χ4n) is 4.62. The van der Waals surface area contributed by atoms with Crippen LogP contribution in [0.5, 0.6) is 0 Å². The zero-order valence-corrected chi connectivity index (χ0v) is 26.8. The van der Waals surface area contributed by atoms with Crippen LogP contribution in [0.1, 0.15) is 46.1 Å². The van der Waals surface area contributed by atoms with Crippen LogP contribution in [0.4, 0.5) is 0 Å². The molecule has 0 radical (unpaired) electrons. The number of hydrogen-bond acceptors (Lipinski definition) is 10. The summed E-state index contributed by atoms with van der Waals surface area (Å²) in [6.07, 6.45) is -0.348. The summed E-state index contributed by atoms with van der Waals surface area (Å²) in [5, 5.41) is 30.9. The van der Waals surface area contributed by atoms with Crippen molar-refractivity contribution in [3.63, 3.8) is 0 Å². The molecule has 0 aliphatic heterocycles. The third-order valence-corrected chi connectivity index (χ3v) is 7.44. The molecule has 45 heavy (non-hydrogen) atoms. The number of carbonyl (C=O) groups excluding carboxylic acids is 5. The predicted octanol–water partition coefficient (Wildman–Crippen LogP) is -2.33. The molecule has 1 aromatic heterocycles. The number of nitrogens with one attached hydrogen (secondary N) is 5. The van der Waals surface area contributed by atoms with Crippen molar-refractivity contribution in [1.82, 2.24) is 26.3 Å². The van der Waals surface area contributed by atoms with E-state index in [-0.39, 0.29) is 19.4 Å². The highest BCUT2D eigenvalue weighted by molar-refractivity contribution is 7.81. The number of H-pyrrole nitrogens is 1. The van der Waals surface area contributed by atoms with Crippen molar-refractivity contribution in [2.24, 2.45) is 17.2 Å². The van der Waals surface area contributed by atoms with Crippen LogP contribution in [0.2, 0.25) is 0 Å². The third kappa shape index (κ3) is 10.7. The van der Waals surface area contributed by atoms with Gasteiger partial charge < -0.3 is 53.7 Å². The molecule has 0 fully saturated rings. The molecule has 0 saturated heterocycles. The molecule has 250 valence electrons. The molecular formula is C29H46N8O7S. The van der Waals surface area contributed by atoms with Gasteiger partial charge in [-0.15, -0.1) is 0 Å². The lowest BCUT2D eigenvalue weighted by molar-refractivity contribution is -0.137. The van der Waals surface area contributed by atoms with E-state index in [1.54, 1.807) is 6.20 Å². The van der Waals surface area contributed by atoms with Crippen molar-refractivity contribution < 1.29 is 34.2 Å². The molecule has 1 aromatic carbocycles. The monoisotopic (exact) mass is 650 g/mol. The fourth-order valence-corrected chi connectivity index (χ4v) is 4.80. The zero-order chi connectivity index (χ0) is 34.1. The Kier molecular flexibility index (Phi) is 13.8. The number of aromatic nitrogens is 1. The molecule has 7 atom stereocenters. The topological polar surface area (TPSA) is 268 Å². The summed E-state index contributed by atoms with van der Waals surface area (Å²) in [6.45, 7) is 5.75. The molecule has 16 heteroatoms.